The van der Waals surface area contributed by atoms with Gasteiger partial charge in [-0.25, -0.2) is 0 Å². The monoisotopic (exact) mass is 274 g/mol. The van der Waals surface area contributed by atoms with Crippen LogP contribution >= 0.6 is 0 Å². The molecule has 0 saturated carbocycles. The van der Waals surface area contributed by atoms with Crippen molar-refractivity contribution in [2.24, 2.45) is 0 Å². The zero-order valence-electron chi connectivity index (χ0n) is 11.5. The van der Waals surface area contributed by atoms with Gasteiger partial charge in [0.05, 0.1) is 0 Å². The molecule has 0 radical (unpaired) electrons. The molecule has 2 aromatic rings. The Bertz CT molecular complexity index is 512. The lowest BCUT2D eigenvalue weighted by atomic mass is 10.0. The van der Waals surface area contributed by atoms with Gasteiger partial charge in [0.2, 0.25) is 0 Å². The zero-order chi connectivity index (χ0) is 14.5. The van der Waals surface area contributed by atoms with Crippen LogP contribution in [-0.2, 0) is 0 Å². The van der Waals surface area contributed by atoms with Crippen LogP contribution in [0, 0.1) is 0 Å². The lowest BCUT2D eigenvalue weighted by molar-refractivity contribution is -0.00183. The van der Waals surface area contributed by atoms with Crippen molar-refractivity contribution in [2.45, 2.75) is 26.4 Å². The molecule has 4 nitrogen and oxygen atoms in total. The van der Waals surface area contributed by atoms with Crippen molar-refractivity contribution in [3.8, 4) is 22.6 Å². The predicted octanol–water partition coefficient (Wildman–Crippen LogP) is 2.79. The smallest absolute Gasteiger partial charge is 0.194 e. The van der Waals surface area contributed by atoms with Gasteiger partial charge >= 0.3 is 0 Å². The molecule has 0 saturated heterocycles. The Balaban J connectivity index is 2.46. The molecule has 20 heavy (non-hydrogen) atoms. The summed E-state index contributed by atoms with van der Waals surface area (Å²) >= 11 is 0. The molecule has 0 bridgehead atoms. The van der Waals surface area contributed by atoms with E-state index in [9.17, 15) is 10.2 Å². The Morgan fingerprint density at radius 1 is 0.700 bits per heavy atom. The number of aliphatic hydroxyl groups excluding tert-OH is 2. The number of ether oxygens (including phenoxy) is 2. The molecule has 0 aromatic heterocycles. The summed E-state index contributed by atoms with van der Waals surface area (Å²) in [6.45, 7) is 3.10. The molecule has 0 aliphatic heterocycles. The van der Waals surface area contributed by atoms with Crippen LogP contribution in [0.3, 0.4) is 0 Å². The minimum absolute atomic E-state index is 0.559. The summed E-state index contributed by atoms with van der Waals surface area (Å²) in [5.74, 6) is 1.12. The molecule has 0 aliphatic carbocycles. The number of aliphatic hydroxyl groups is 2. The van der Waals surface area contributed by atoms with E-state index in [4.69, 9.17) is 9.47 Å². The van der Waals surface area contributed by atoms with Crippen LogP contribution < -0.4 is 9.47 Å². The first-order valence-electron chi connectivity index (χ1n) is 6.46. The summed E-state index contributed by atoms with van der Waals surface area (Å²) in [5.41, 5.74) is 1.59. The third kappa shape index (κ3) is 3.50. The Labute approximate surface area is 118 Å². The maximum absolute atomic E-state index is 9.40. The lowest BCUT2D eigenvalue weighted by Gasteiger charge is -2.17. The quantitative estimate of drug-likeness (QED) is 0.823. The van der Waals surface area contributed by atoms with Gasteiger partial charge in [-0.3, -0.25) is 0 Å². The molecule has 4 heteroatoms. The van der Waals surface area contributed by atoms with E-state index in [1.165, 1.54) is 0 Å². The largest absolute Gasteiger partial charge is 0.465 e. The highest BCUT2D eigenvalue weighted by Crippen LogP contribution is 2.36. The fraction of sp³-hybridized carbons (Fsp3) is 0.250. The van der Waals surface area contributed by atoms with E-state index in [1.54, 1.807) is 26.0 Å². The van der Waals surface area contributed by atoms with Crippen molar-refractivity contribution in [1.29, 1.82) is 0 Å². The van der Waals surface area contributed by atoms with Gasteiger partial charge in [0.25, 0.3) is 0 Å². The summed E-state index contributed by atoms with van der Waals surface area (Å²) in [6.07, 6.45) is -1.80. The van der Waals surface area contributed by atoms with Gasteiger partial charge in [-0.15, -0.1) is 0 Å². The Morgan fingerprint density at radius 2 is 1.05 bits per heavy atom. The molecule has 0 fully saturated rings. The molecule has 0 spiro atoms. The van der Waals surface area contributed by atoms with E-state index in [0.29, 0.717) is 11.5 Å². The van der Waals surface area contributed by atoms with Gasteiger partial charge < -0.3 is 19.7 Å². The molecule has 2 rings (SSSR count). The summed E-state index contributed by atoms with van der Waals surface area (Å²) in [6, 6.07) is 14.7. The summed E-state index contributed by atoms with van der Waals surface area (Å²) in [7, 11) is 0. The van der Waals surface area contributed by atoms with Gasteiger partial charge in [0.1, 0.15) is 11.5 Å². The highest BCUT2D eigenvalue weighted by molar-refractivity contribution is 5.75. The highest BCUT2D eigenvalue weighted by atomic mass is 16.6. The third-order valence-electron chi connectivity index (χ3n) is 2.66. The average Bonchev–Trinajstić information content (AvgIpc) is 2.39. The van der Waals surface area contributed by atoms with Crippen molar-refractivity contribution in [1.82, 2.24) is 0 Å². The Morgan fingerprint density at radius 3 is 1.40 bits per heavy atom. The van der Waals surface area contributed by atoms with Gasteiger partial charge in [0, 0.05) is 11.1 Å². The van der Waals surface area contributed by atoms with Crippen molar-refractivity contribution in [3.63, 3.8) is 0 Å². The molecular formula is C16H18O4. The van der Waals surface area contributed by atoms with Gasteiger partial charge in [-0.1, -0.05) is 36.4 Å². The number of hydrogen-bond acceptors (Lipinski definition) is 4. The normalized spacial score (nSPS) is 13.6. The summed E-state index contributed by atoms with van der Waals surface area (Å²) in [5, 5.41) is 18.8. The van der Waals surface area contributed by atoms with E-state index in [2.05, 4.69) is 0 Å². The van der Waals surface area contributed by atoms with Crippen LogP contribution in [0.5, 0.6) is 11.5 Å². The first kappa shape index (κ1) is 14.4. The standard InChI is InChI=1S/C16H18O4/c1-11(17)19-15-9-5-3-7-13(15)14-8-4-6-10-16(14)20-12(2)18/h3-12,17-18H,1-2H3. The van der Waals surface area contributed by atoms with E-state index < -0.39 is 12.6 Å². The fourth-order valence-electron chi connectivity index (χ4n) is 1.95. The molecule has 2 aromatic carbocycles. The fourth-order valence-corrected chi connectivity index (χ4v) is 1.95. The second kappa shape index (κ2) is 6.41. The van der Waals surface area contributed by atoms with Crippen molar-refractivity contribution in [3.05, 3.63) is 48.5 Å². The topological polar surface area (TPSA) is 58.9 Å². The van der Waals surface area contributed by atoms with Crippen LogP contribution in [0.25, 0.3) is 11.1 Å². The number of para-hydroxylation sites is 2. The average molecular weight is 274 g/mol. The SMILES string of the molecule is CC(O)Oc1ccccc1-c1ccccc1OC(C)O. The first-order valence-corrected chi connectivity index (χ1v) is 6.46. The molecule has 106 valence electrons. The maximum atomic E-state index is 9.40. The second-order valence-electron chi connectivity index (χ2n) is 4.43. The van der Waals surface area contributed by atoms with E-state index in [0.717, 1.165) is 11.1 Å². The summed E-state index contributed by atoms with van der Waals surface area (Å²) < 4.78 is 10.8. The van der Waals surface area contributed by atoms with Crippen molar-refractivity contribution < 1.29 is 19.7 Å². The summed E-state index contributed by atoms with van der Waals surface area (Å²) in [4.78, 5) is 0. The molecular weight excluding hydrogens is 256 g/mol. The highest BCUT2D eigenvalue weighted by Gasteiger charge is 2.13. The lowest BCUT2D eigenvalue weighted by Crippen LogP contribution is -2.11. The molecule has 0 aliphatic rings. The number of rotatable bonds is 5. The zero-order valence-corrected chi connectivity index (χ0v) is 11.5. The molecule has 0 amide bonds. The van der Waals surface area contributed by atoms with Gasteiger partial charge in [0.15, 0.2) is 12.6 Å². The minimum atomic E-state index is -0.902. The van der Waals surface area contributed by atoms with Crippen LogP contribution in [0.1, 0.15) is 13.8 Å². The Hall–Kier alpha value is -2.04. The van der Waals surface area contributed by atoms with Crippen LogP contribution in [0.2, 0.25) is 0 Å². The van der Waals surface area contributed by atoms with E-state index in [1.807, 2.05) is 36.4 Å². The van der Waals surface area contributed by atoms with Crippen LogP contribution in [0.15, 0.2) is 48.5 Å². The van der Waals surface area contributed by atoms with Crippen molar-refractivity contribution >= 4 is 0 Å². The minimum Gasteiger partial charge on any atom is -0.465 e. The van der Waals surface area contributed by atoms with Gasteiger partial charge in [-0.05, 0) is 26.0 Å². The number of hydrogen-bond donors (Lipinski definition) is 2. The second-order valence-corrected chi connectivity index (χ2v) is 4.43. The van der Waals surface area contributed by atoms with E-state index >= 15 is 0 Å². The predicted molar refractivity (Wildman–Crippen MR) is 76.5 cm³/mol. The maximum Gasteiger partial charge on any atom is 0.194 e. The van der Waals surface area contributed by atoms with Crippen LogP contribution in [0.4, 0.5) is 0 Å². The molecule has 2 atom stereocenters. The first-order chi connectivity index (χ1) is 9.58. The van der Waals surface area contributed by atoms with Crippen molar-refractivity contribution in [2.75, 3.05) is 0 Å². The number of benzene rings is 2. The molecule has 2 N–H and O–H groups in total. The Kier molecular flexibility index (Phi) is 4.61. The van der Waals surface area contributed by atoms with E-state index in [-0.39, 0.29) is 0 Å². The third-order valence-corrected chi connectivity index (χ3v) is 2.66. The van der Waals surface area contributed by atoms with Gasteiger partial charge in [-0.2, -0.15) is 0 Å². The molecule has 0 heterocycles. The molecule has 2 unspecified atom stereocenters. The van der Waals surface area contributed by atoms with Crippen LogP contribution in [-0.4, -0.2) is 22.8 Å².